The van der Waals surface area contributed by atoms with Crippen LogP contribution in [0.4, 0.5) is 20.5 Å². The number of nitrogens with one attached hydrogen (secondary N) is 2. The van der Waals surface area contributed by atoms with E-state index < -0.39 is 30.1 Å². The highest BCUT2D eigenvalue weighted by molar-refractivity contribution is 7.21. The van der Waals surface area contributed by atoms with E-state index in [2.05, 4.69) is 25.6 Å². The van der Waals surface area contributed by atoms with E-state index in [9.17, 15) is 24.1 Å². The molecule has 3 heterocycles. The lowest BCUT2D eigenvalue weighted by atomic mass is 9.81. The fourth-order valence-electron chi connectivity index (χ4n) is 5.44. The van der Waals surface area contributed by atoms with E-state index in [4.69, 9.17) is 4.98 Å². The van der Waals surface area contributed by atoms with Crippen molar-refractivity contribution in [3.05, 3.63) is 23.7 Å². The molecule has 12 heteroatoms. The van der Waals surface area contributed by atoms with Crippen molar-refractivity contribution in [2.75, 3.05) is 23.8 Å². The fraction of sp³-hybridized carbons (Fsp3) is 0.600. The van der Waals surface area contributed by atoms with Gasteiger partial charge in [0, 0.05) is 44.0 Å². The Labute approximate surface area is 216 Å². The molecule has 3 aromatic rings. The van der Waals surface area contributed by atoms with Gasteiger partial charge in [-0.15, -0.1) is 11.3 Å². The zero-order valence-electron chi connectivity index (χ0n) is 20.4. The molecular weight excluding hydrogens is 502 g/mol. The normalized spacial score (nSPS) is 27.4. The number of aliphatic hydroxyl groups excluding tert-OH is 3. The number of fused-ring (bicyclic) bond motifs is 1. The molecule has 198 valence electrons. The average molecular weight is 533 g/mol. The summed E-state index contributed by atoms with van der Waals surface area (Å²) in [6.45, 7) is 1.94. The zero-order chi connectivity index (χ0) is 25.9. The van der Waals surface area contributed by atoms with Gasteiger partial charge in [0.2, 0.25) is 11.9 Å². The van der Waals surface area contributed by atoms with Crippen molar-refractivity contribution in [3.63, 3.8) is 0 Å². The van der Waals surface area contributed by atoms with Gasteiger partial charge in [0.1, 0.15) is 22.4 Å². The zero-order valence-corrected chi connectivity index (χ0v) is 21.2. The Kier molecular flexibility index (Phi) is 6.25. The number of pyridine rings is 1. The molecule has 37 heavy (non-hydrogen) atoms. The number of hydrogen-bond donors (Lipinski definition) is 5. The number of aliphatic hydroxyl groups is 3. The molecule has 0 amide bonds. The molecule has 1 unspecified atom stereocenters. The first-order valence-corrected chi connectivity index (χ1v) is 13.5. The average Bonchev–Trinajstić information content (AvgIpc) is 3.54. The molecule has 0 aromatic carbocycles. The summed E-state index contributed by atoms with van der Waals surface area (Å²) in [6.07, 6.45) is 1.93. The summed E-state index contributed by atoms with van der Waals surface area (Å²) < 4.78 is 27.6. The molecule has 6 rings (SSSR count). The molecule has 9 nitrogen and oxygen atoms in total. The lowest BCUT2D eigenvalue weighted by molar-refractivity contribution is -0.106. The predicted molar refractivity (Wildman–Crippen MR) is 136 cm³/mol. The van der Waals surface area contributed by atoms with Crippen molar-refractivity contribution in [3.8, 4) is 10.6 Å². The topological polar surface area (TPSA) is 136 Å². The van der Waals surface area contributed by atoms with Crippen molar-refractivity contribution in [1.29, 1.82) is 0 Å². The Morgan fingerprint density at radius 1 is 1.14 bits per heavy atom. The van der Waals surface area contributed by atoms with Crippen molar-refractivity contribution in [1.82, 2.24) is 19.9 Å². The molecule has 3 aliphatic rings. The summed E-state index contributed by atoms with van der Waals surface area (Å²) in [5, 5.41) is 37.6. The van der Waals surface area contributed by atoms with E-state index in [1.807, 2.05) is 19.2 Å². The SMILES string of the molecule is Cc1nc(NCC2CC(F)(F)C2)nc(N[C@@H]2C[C@H](CO)C(O)[C@H]2O)c1-c1nc2c(C3CC3)nccc2s1. The summed E-state index contributed by atoms with van der Waals surface area (Å²) in [6, 6.07) is 1.40. The minimum Gasteiger partial charge on any atom is -0.396 e. The molecule has 3 saturated carbocycles. The Hall–Kier alpha value is -2.54. The Morgan fingerprint density at radius 3 is 2.59 bits per heavy atom. The van der Waals surface area contributed by atoms with Crippen LogP contribution in [0.5, 0.6) is 0 Å². The van der Waals surface area contributed by atoms with Gasteiger partial charge in [0.15, 0.2) is 0 Å². The summed E-state index contributed by atoms with van der Waals surface area (Å²) in [4.78, 5) is 18.8. The third-order valence-corrected chi connectivity index (χ3v) is 8.72. The molecule has 0 bridgehead atoms. The second-order valence-corrected chi connectivity index (χ2v) is 11.6. The van der Waals surface area contributed by atoms with Crippen LogP contribution in [0, 0.1) is 18.8 Å². The van der Waals surface area contributed by atoms with Crippen LogP contribution in [0.1, 0.15) is 49.4 Å². The molecule has 3 aromatic heterocycles. The lowest BCUT2D eigenvalue weighted by Crippen LogP contribution is -2.39. The number of nitrogens with zero attached hydrogens (tertiary/aromatic N) is 4. The second kappa shape index (κ2) is 9.33. The lowest BCUT2D eigenvalue weighted by Gasteiger charge is -2.34. The standard InChI is InChI=1S/C25H30F2N6O3S/c1-11-17(23-32-19-16(37-23)4-5-28-18(19)13-2-3-13)22(31-15-6-14(10-34)20(35)21(15)36)33-24(30-11)29-9-12-7-25(26,27)8-12/h4-5,12-15,20-21,34-36H,2-3,6-10H2,1H3,(H2,29,30,31,33)/t14-,15-,20?,21+/m1/s1. The van der Waals surface area contributed by atoms with E-state index in [1.165, 1.54) is 11.3 Å². The molecule has 0 radical (unpaired) electrons. The van der Waals surface area contributed by atoms with Crippen molar-refractivity contribution in [2.45, 2.75) is 69.1 Å². The summed E-state index contributed by atoms with van der Waals surface area (Å²) >= 11 is 1.51. The number of aromatic nitrogens is 4. The van der Waals surface area contributed by atoms with Gasteiger partial charge in [-0.1, -0.05) is 0 Å². The van der Waals surface area contributed by atoms with Crippen LogP contribution in [0.2, 0.25) is 0 Å². The molecule has 5 N–H and O–H groups in total. The van der Waals surface area contributed by atoms with Gasteiger partial charge in [-0.05, 0) is 38.2 Å². The number of thiazole rings is 1. The van der Waals surface area contributed by atoms with E-state index in [1.54, 1.807) is 0 Å². The Balaban J connectivity index is 1.35. The van der Waals surface area contributed by atoms with Gasteiger partial charge in [0.05, 0.1) is 33.8 Å². The number of hydrogen-bond acceptors (Lipinski definition) is 10. The molecule has 3 aliphatic carbocycles. The first-order valence-electron chi connectivity index (χ1n) is 12.7. The Bertz CT molecular complexity index is 1310. The van der Waals surface area contributed by atoms with Crippen molar-refractivity contribution in [2.24, 2.45) is 11.8 Å². The fourth-order valence-corrected chi connectivity index (χ4v) is 6.51. The van der Waals surface area contributed by atoms with Gasteiger partial charge >= 0.3 is 0 Å². The van der Waals surface area contributed by atoms with Crippen LogP contribution >= 0.6 is 11.3 Å². The number of alkyl halides is 2. The van der Waals surface area contributed by atoms with Crippen molar-refractivity contribution < 1.29 is 24.1 Å². The Morgan fingerprint density at radius 2 is 1.92 bits per heavy atom. The molecule has 3 fully saturated rings. The van der Waals surface area contributed by atoms with E-state index in [0.29, 0.717) is 46.9 Å². The largest absolute Gasteiger partial charge is 0.396 e. The van der Waals surface area contributed by atoms with Crippen LogP contribution < -0.4 is 10.6 Å². The maximum Gasteiger partial charge on any atom is 0.248 e. The van der Waals surface area contributed by atoms with Crippen LogP contribution in [0.3, 0.4) is 0 Å². The smallest absolute Gasteiger partial charge is 0.248 e. The minimum absolute atomic E-state index is 0.148. The highest BCUT2D eigenvalue weighted by Gasteiger charge is 2.45. The first kappa shape index (κ1) is 24.8. The number of anilines is 2. The van der Waals surface area contributed by atoms with Crippen LogP contribution in [0.15, 0.2) is 12.3 Å². The summed E-state index contributed by atoms with van der Waals surface area (Å²) in [5.41, 5.74) is 3.20. The third-order valence-electron chi connectivity index (χ3n) is 7.69. The number of halogens is 2. The minimum atomic E-state index is -2.59. The maximum atomic E-state index is 13.3. The van der Waals surface area contributed by atoms with Gasteiger partial charge in [-0.2, -0.15) is 4.98 Å². The first-order chi connectivity index (χ1) is 17.7. The maximum absolute atomic E-state index is 13.3. The second-order valence-electron chi connectivity index (χ2n) is 10.6. The predicted octanol–water partition coefficient (Wildman–Crippen LogP) is 3.31. The monoisotopic (exact) mass is 532 g/mol. The molecule has 0 spiro atoms. The van der Waals surface area contributed by atoms with Gasteiger partial charge < -0.3 is 26.0 Å². The van der Waals surface area contributed by atoms with Crippen LogP contribution in [-0.4, -0.2) is 72.6 Å². The van der Waals surface area contributed by atoms with Crippen molar-refractivity contribution >= 4 is 33.3 Å². The van der Waals surface area contributed by atoms with Crippen LogP contribution in [-0.2, 0) is 0 Å². The van der Waals surface area contributed by atoms with Gasteiger partial charge in [-0.3, -0.25) is 4.98 Å². The highest BCUT2D eigenvalue weighted by atomic mass is 32.1. The molecular formula is C25H30F2N6O3S. The van der Waals surface area contributed by atoms with E-state index in [-0.39, 0.29) is 25.4 Å². The number of rotatable bonds is 8. The molecule has 0 aliphatic heterocycles. The summed E-state index contributed by atoms with van der Waals surface area (Å²) in [7, 11) is 0. The molecule has 0 saturated heterocycles. The third kappa shape index (κ3) is 4.75. The van der Waals surface area contributed by atoms with Gasteiger partial charge in [-0.25, -0.2) is 18.7 Å². The van der Waals surface area contributed by atoms with Crippen LogP contribution in [0.25, 0.3) is 20.8 Å². The quantitative estimate of drug-likeness (QED) is 0.296. The highest BCUT2D eigenvalue weighted by Crippen LogP contribution is 2.45. The number of aryl methyl sites for hydroxylation is 1. The van der Waals surface area contributed by atoms with E-state index >= 15 is 0 Å². The van der Waals surface area contributed by atoms with E-state index in [0.717, 1.165) is 28.8 Å². The van der Waals surface area contributed by atoms with Gasteiger partial charge in [0.25, 0.3) is 0 Å². The summed E-state index contributed by atoms with van der Waals surface area (Å²) in [5.74, 6) is -2.03. The molecule has 4 atom stereocenters.